The van der Waals surface area contributed by atoms with Crippen molar-refractivity contribution in [2.45, 2.75) is 18.6 Å². The summed E-state index contributed by atoms with van der Waals surface area (Å²) in [6.07, 6.45) is -5.03. The smallest absolute Gasteiger partial charge is 0.338 e. The van der Waals surface area contributed by atoms with Gasteiger partial charge < -0.3 is 10.6 Å². The summed E-state index contributed by atoms with van der Waals surface area (Å²) >= 11 is 12.1. The van der Waals surface area contributed by atoms with Gasteiger partial charge in [0.25, 0.3) is 11.8 Å². The average Bonchev–Trinajstić information content (AvgIpc) is 2.83. The molecule has 2 amide bonds. The van der Waals surface area contributed by atoms with E-state index in [2.05, 4.69) is 15.5 Å². The van der Waals surface area contributed by atoms with Crippen LogP contribution >= 0.6 is 23.2 Å². The maximum atomic E-state index is 13.2. The molecule has 3 rings (SSSR count). The van der Waals surface area contributed by atoms with Crippen molar-refractivity contribution in [3.8, 4) is 0 Å². The van der Waals surface area contributed by atoms with Gasteiger partial charge in [-0.2, -0.15) is 18.4 Å². The first-order valence-corrected chi connectivity index (χ1v) is 10.9. The molecule has 0 aliphatic carbocycles. The highest BCUT2D eigenvalue weighted by atomic mass is 35.5. The van der Waals surface area contributed by atoms with Crippen LogP contribution in [0.2, 0.25) is 10.0 Å². The van der Waals surface area contributed by atoms with Gasteiger partial charge in [0.15, 0.2) is 0 Å². The van der Waals surface area contributed by atoms with E-state index in [1.165, 1.54) is 42.5 Å². The minimum Gasteiger partial charge on any atom is -0.338 e. The number of carbonyl (C=O) groups is 3. The summed E-state index contributed by atoms with van der Waals surface area (Å²) < 4.78 is 39.7. The van der Waals surface area contributed by atoms with Crippen molar-refractivity contribution in [2.75, 3.05) is 5.32 Å². The van der Waals surface area contributed by atoms with Gasteiger partial charge in [0, 0.05) is 12.1 Å². The van der Waals surface area contributed by atoms with Gasteiger partial charge in [-0.25, -0.2) is 4.79 Å². The van der Waals surface area contributed by atoms with Crippen molar-refractivity contribution in [3.05, 3.63) is 99.0 Å². The molecule has 3 aromatic carbocycles. The second-order valence-electron chi connectivity index (χ2n) is 7.43. The zero-order chi connectivity index (χ0) is 26.5. The lowest BCUT2D eigenvalue weighted by atomic mass is 10.0. The number of hydrogen-bond donors (Lipinski definition) is 3. The minimum atomic E-state index is -4.80. The van der Waals surface area contributed by atoms with Crippen molar-refractivity contribution in [1.82, 2.24) is 5.32 Å². The molecular weight excluding hydrogens is 524 g/mol. The minimum absolute atomic E-state index is 0.0810. The van der Waals surface area contributed by atoms with E-state index in [0.29, 0.717) is 11.3 Å². The van der Waals surface area contributed by atoms with Gasteiger partial charge in [0.2, 0.25) is 0 Å². The fourth-order valence-corrected chi connectivity index (χ4v) is 3.86. The third kappa shape index (κ3) is 6.54. The predicted molar refractivity (Wildman–Crippen MR) is 126 cm³/mol. The van der Waals surface area contributed by atoms with E-state index in [4.69, 9.17) is 28.5 Å². The second-order valence-corrected chi connectivity index (χ2v) is 8.25. The zero-order valence-corrected chi connectivity index (χ0v) is 19.6. The van der Waals surface area contributed by atoms with Crippen molar-refractivity contribution in [1.29, 1.82) is 0 Å². The van der Waals surface area contributed by atoms with Crippen LogP contribution in [-0.2, 0) is 22.3 Å². The lowest BCUT2D eigenvalue weighted by Gasteiger charge is -2.18. The number of rotatable bonds is 7. The van der Waals surface area contributed by atoms with Crippen molar-refractivity contribution in [3.63, 3.8) is 0 Å². The molecule has 0 saturated heterocycles. The molecule has 0 aliphatic rings. The van der Waals surface area contributed by atoms with Crippen LogP contribution in [-0.4, -0.2) is 29.1 Å². The normalized spacial score (nSPS) is 11.9. The molecule has 1 atom stereocenters. The van der Waals surface area contributed by atoms with Gasteiger partial charge in [-0.1, -0.05) is 53.5 Å². The Morgan fingerprint density at radius 1 is 0.889 bits per heavy atom. The lowest BCUT2D eigenvalue weighted by molar-refractivity contribution is -0.236. The van der Waals surface area contributed by atoms with Gasteiger partial charge >= 0.3 is 12.1 Å². The van der Waals surface area contributed by atoms with Gasteiger partial charge in [-0.05, 0) is 42.0 Å². The summed E-state index contributed by atoms with van der Waals surface area (Å²) in [6, 6.07) is 13.1. The molecule has 1 unspecified atom stereocenters. The van der Waals surface area contributed by atoms with Gasteiger partial charge in [-0.3, -0.25) is 14.5 Å². The fraction of sp³-hybridized carbons (Fsp3) is 0.125. The number of anilines is 1. The molecule has 7 nitrogen and oxygen atoms in total. The standard InChI is InChI=1S/C24H17Cl2F3N2O5/c25-17-6-3-7-18(26)20(17)22(33)30-14-10-8-13(9-11-14)12-19(23(34)36-35)31-21(32)15-4-1-2-5-16(15)24(27,28)29/h1-11,19,35H,12H2,(H,30,33)(H,31,32). The SMILES string of the molecule is O=C(NC(Cc1ccc(NC(=O)c2c(Cl)cccc2Cl)cc1)C(=O)OO)c1ccccc1C(F)(F)F. The molecule has 188 valence electrons. The fourth-order valence-electron chi connectivity index (χ4n) is 3.29. The molecule has 0 fully saturated rings. The maximum Gasteiger partial charge on any atom is 0.417 e. The number of benzene rings is 3. The predicted octanol–water partition coefficient (Wildman–Crippen LogP) is 5.62. The van der Waals surface area contributed by atoms with Crippen LogP contribution in [0.1, 0.15) is 31.8 Å². The van der Waals surface area contributed by atoms with Gasteiger partial charge in [0.1, 0.15) is 6.04 Å². The Hall–Kier alpha value is -3.60. The Balaban J connectivity index is 1.74. The first-order chi connectivity index (χ1) is 17.0. The van der Waals surface area contributed by atoms with Crippen LogP contribution in [0.25, 0.3) is 0 Å². The molecule has 12 heteroatoms. The molecule has 0 saturated carbocycles. The highest BCUT2D eigenvalue weighted by Gasteiger charge is 2.35. The summed E-state index contributed by atoms with van der Waals surface area (Å²) in [6.45, 7) is 0. The second kappa shape index (κ2) is 11.4. The van der Waals surface area contributed by atoms with Crippen LogP contribution in [0.3, 0.4) is 0 Å². The summed E-state index contributed by atoms with van der Waals surface area (Å²) in [4.78, 5) is 40.7. The number of hydrogen-bond acceptors (Lipinski definition) is 5. The molecule has 36 heavy (non-hydrogen) atoms. The Kier molecular flexibility index (Phi) is 8.57. The zero-order valence-electron chi connectivity index (χ0n) is 18.1. The van der Waals surface area contributed by atoms with E-state index < -0.39 is 41.1 Å². The number of halogens is 5. The first-order valence-electron chi connectivity index (χ1n) is 10.2. The van der Waals surface area contributed by atoms with Crippen molar-refractivity contribution < 1.29 is 37.7 Å². The summed E-state index contributed by atoms with van der Waals surface area (Å²) in [5.74, 6) is -3.02. The highest BCUT2D eigenvalue weighted by Crippen LogP contribution is 2.32. The Morgan fingerprint density at radius 2 is 1.50 bits per heavy atom. The summed E-state index contributed by atoms with van der Waals surface area (Å²) in [5, 5.41) is 13.9. The largest absolute Gasteiger partial charge is 0.417 e. The molecule has 0 aromatic heterocycles. The lowest BCUT2D eigenvalue weighted by Crippen LogP contribution is -2.43. The van der Waals surface area contributed by atoms with E-state index in [1.54, 1.807) is 6.07 Å². The summed E-state index contributed by atoms with van der Waals surface area (Å²) in [7, 11) is 0. The molecule has 0 spiro atoms. The molecule has 0 radical (unpaired) electrons. The van der Waals surface area contributed by atoms with Crippen LogP contribution in [0.5, 0.6) is 0 Å². The van der Waals surface area contributed by atoms with Gasteiger partial charge in [0.05, 0.1) is 26.7 Å². The van der Waals surface area contributed by atoms with E-state index in [9.17, 15) is 27.6 Å². The topological polar surface area (TPSA) is 105 Å². The third-order valence-corrected chi connectivity index (χ3v) is 5.63. The molecule has 3 N–H and O–H groups in total. The van der Waals surface area contributed by atoms with Gasteiger partial charge in [-0.15, -0.1) is 0 Å². The monoisotopic (exact) mass is 540 g/mol. The molecule has 0 bridgehead atoms. The van der Waals surface area contributed by atoms with E-state index in [-0.39, 0.29) is 22.0 Å². The molecule has 3 aromatic rings. The Morgan fingerprint density at radius 3 is 2.08 bits per heavy atom. The highest BCUT2D eigenvalue weighted by molar-refractivity contribution is 6.40. The van der Waals surface area contributed by atoms with E-state index in [1.807, 2.05) is 0 Å². The quantitative estimate of drug-likeness (QED) is 0.266. The van der Waals surface area contributed by atoms with E-state index in [0.717, 1.165) is 18.2 Å². The first kappa shape index (κ1) is 27.0. The number of alkyl halides is 3. The average molecular weight is 541 g/mol. The molecule has 0 heterocycles. The van der Waals surface area contributed by atoms with E-state index >= 15 is 0 Å². The summed E-state index contributed by atoms with van der Waals surface area (Å²) in [5.41, 5.74) is -1.01. The Bertz CT molecular complexity index is 1260. The molecular formula is C24H17Cl2F3N2O5. The van der Waals surface area contributed by atoms with Crippen LogP contribution < -0.4 is 10.6 Å². The Labute approximate surface area is 212 Å². The number of amides is 2. The number of nitrogens with one attached hydrogen (secondary N) is 2. The maximum absolute atomic E-state index is 13.2. The van der Waals surface area contributed by atoms with Crippen molar-refractivity contribution >= 4 is 46.7 Å². The van der Waals surface area contributed by atoms with Crippen LogP contribution in [0.4, 0.5) is 18.9 Å². The molecule has 0 aliphatic heterocycles. The van der Waals surface area contributed by atoms with Crippen LogP contribution in [0, 0.1) is 0 Å². The van der Waals surface area contributed by atoms with Crippen molar-refractivity contribution in [2.24, 2.45) is 0 Å². The number of carbonyl (C=O) groups excluding carboxylic acids is 3. The third-order valence-electron chi connectivity index (χ3n) is 5.00. The van der Waals surface area contributed by atoms with Crippen LogP contribution in [0.15, 0.2) is 66.7 Å².